The van der Waals surface area contributed by atoms with Crippen LogP contribution in [-0.2, 0) is 11.2 Å². The van der Waals surface area contributed by atoms with Gasteiger partial charge in [-0.1, -0.05) is 30.7 Å². The van der Waals surface area contributed by atoms with Gasteiger partial charge in [0.25, 0.3) is 0 Å². The Labute approximate surface area is 191 Å². The molecular formula is C23H26ClN3O3S. The van der Waals surface area contributed by atoms with Gasteiger partial charge in [0.1, 0.15) is 16.7 Å². The van der Waals surface area contributed by atoms with Gasteiger partial charge in [-0.05, 0) is 55.7 Å². The summed E-state index contributed by atoms with van der Waals surface area (Å²) in [7, 11) is 0. The Morgan fingerprint density at radius 1 is 1.29 bits per heavy atom. The molecule has 3 fully saturated rings. The lowest BCUT2D eigenvalue weighted by atomic mass is 9.86. The second kappa shape index (κ2) is 7.94. The fraction of sp³-hybridized carbons (Fsp3) is 0.522. The number of benzene rings is 1. The van der Waals surface area contributed by atoms with E-state index in [1.165, 1.54) is 11.8 Å². The summed E-state index contributed by atoms with van der Waals surface area (Å²) in [5.74, 6) is 0.722. The van der Waals surface area contributed by atoms with Crippen LogP contribution in [0.1, 0.15) is 38.2 Å². The third-order valence-corrected chi connectivity index (χ3v) is 8.86. The number of urea groups is 1. The quantitative estimate of drug-likeness (QED) is 0.718. The summed E-state index contributed by atoms with van der Waals surface area (Å²) in [6.45, 7) is 2.87. The van der Waals surface area contributed by atoms with Crippen LogP contribution in [0, 0.1) is 11.8 Å². The predicted molar refractivity (Wildman–Crippen MR) is 122 cm³/mol. The number of rotatable bonds is 4. The molecule has 2 aliphatic carbocycles. The highest BCUT2D eigenvalue weighted by Crippen LogP contribution is 2.67. The number of amides is 2. The molecule has 4 aliphatic rings. The molecule has 0 radical (unpaired) electrons. The molecule has 5 rings (SSSR count). The lowest BCUT2D eigenvalue weighted by molar-refractivity contribution is -0.113. The Bertz CT molecular complexity index is 971. The van der Waals surface area contributed by atoms with E-state index in [9.17, 15) is 14.7 Å². The van der Waals surface area contributed by atoms with Crippen molar-refractivity contribution in [2.45, 2.75) is 55.9 Å². The lowest BCUT2D eigenvalue weighted by Crippen LogP contribution is -2.53. The molecule has 3 atom stereocenters. The van der Waals surface area contributed by atoms with Gasteiger partial charge in [0.05, 0.1) is 5.92 Å². The Hall–Kier alpha value is -1.83. The van der Waals surface area contributed by atoms with Crippen molar-refractivity contribution in [3.8, 4) is 0 Å². The molecule has 31 heavy (non-hydrogen) atoms. The van der Waals surface area contributed by atoms with Crippen LogP contribution in [0.5, 0.6) is 0 Å². The number of carbonyl (C=O) groups excluding carboxylic acids is 2. The van der Waals surface area contributed by atoms with E-state index in [0.717, 1.165) is 42.6 Å². The molecular weight excluding hydrogens is 434 g/mol. The summed E-state index contributed by atoms with van der Waals surface area (Å²) in [4.78, 5) is 32.6. The normalized spacial score (nSPS) is 33.3. The number of Topliss-reactive ketones (excluding diaryl/α,β-unsaturated/α-hetero) is 1. The third kappa shape index (κ3) is 3.60. The van der Waals surface area contributed by atoms with Crippen LogP contribution in [0.4, 0.5) is 4.79 Å². The monoisotopic (exact) mass is 459 g/mol. The maximum atomic E-state index is 13.4. The topological polar surface area (TPSA) is 82.0 Å². The maximum Gasteiger partial charge on any atom is 0.323 e. The second-order valence-corrected chi connectivity index (χ2v) is 10.8. The number of hydrogen-bond donors (Lipinski definition) is 2. The highest BCUT2D eigenvalue weighted by molar-refractivity contribution is 8.07. The summed E-state index contributed by atoms with van der Waals surface area (Å²) >= 11 is 7.38. The zero-order valence-electron chi connectivity index (χ0n) is 17.4. The van der Waals surface area contributed by atoms with E-state index in [1.807, 2.05) is 29.2 Å². The van der Waals surface area contributed by atoms with Gasteiger partial charge in [0.2, 0.25) is 0 Å². The molecule has 2 saturated carbocycles. The van der Waals surface area contributed by atoms with Crippen LogP contribution in [-0.4, -0.2) is 51.1 Å². The molecule has 164 valence electrons. The van der Waals surface area contributed by atoms with Crippen molar-refractivity contribution >= 4 is 41.0 Å². The van der Waals surface area contributed by atoms with Gasteiger partial charge in [0.15, 0.2) is 5.78 Å². The average Bonchev–Trinajstić information content (AvgIpc) is 3.12. The highest BCUT2D eigenvalue weighted by Gasteiger charge is 2.78. The molecule has 2 amide bonds. The van der Waals surface area contributed by atoms with Crippen LogP contribution in [0.25, 0.3) is 0 Å². The molecule has 0 aromatic heterocycles. The second-order valence-electron chi connectivity index (χ2n) is 9.05. The minimum atomic E-state index is -0.958. The van der Waals surface area contributed by atoms with Crippen LogP contribution in [0.3, 0.4) is 0 Å². The predicted octanol–water partition coefficient (Wildman–Crippen LogP) is 3.77. The fourth-order valence-electron chi connectivity index (χ4n) is 5.00. The van der Waals surface area contributed by atoms with E-state index in [4.69, 9.17) is 11.6 Å². The molecule has 2 heterocycles. The highest BCUT2D eigenvalue weighted by atomic mass is 35.5. The molecule has 1 spiro atoms. The Morgan fingerprint density at radius 2 is 1.97 bits per heavy atom. The standard InChI is InChI=1S/C23H26ClN3O3S/c1-13-2-8-16(9-3-13)27(11-10-14-4-6-15(24)7-5-14)22(30)26-21-18-17(12-25-21)31-23(18)19(28)20(23)29/h4-7,12-13,16,18-19,28H,2-3,8-11H2,1H3,(H,25,26,30). The van der Waals surface area contributed by atoms with E-state index in [0.29, 0.717) is 23.3 Å². The number of hydrogen-bond acceptors (Lipinski definition) is 5. The van der Waals surface area contributed by atoms with Crippen LogP contribution < -0.4 is 5.32 Å². The minimum absolute atomic E-state index is 0.163. The van der Waals surface area contributed by atoms with Gasteiger partial charge in [-0.15, -0.1) is 11.8 Å². The van der Waals surface area contributed by atoms with Crippen LogP contribution in [0.15, 0.2) is 40.4 Å². The Kier molecular flexibility index (Phi) is 5.39. The number of aliphatic imine (C=N–C) groups is 1. The Balaban J connectivity index is 1.28. The molecule has 2 aliphatic heterocycles. The van der Waals surface area contributed by atoms with Gasteiger partial charge in [-0.2, -0.15) is 0 Å². The first-order valence-corrected chi connectivity index (χ1v) is 12.1. The van der Waals surface area contributed by atoms with E-state index in [1.54, 1.807) is 6.20 Å². The van der Waals surface area contributed by atoms with E-state index in [-0.39, 0.29) is 23.8 Å². The SMILES string of the molecule is CC1CCC(N(CCc2ccc(Cl)cc2)C(=O)NC2=NC=C3SC4(C(=O)C4O)C32)CC1. The largest absolute Gasteiger partial charge is 0.383 e. The maximum absolute atomic E-state index is 13.4. The van der Waals surface area contributed by atoms with E-state index < -0.39 is 10.9 Å². The molecule has 1 saturated heterocycles. The number of nitrogens with one attached hydrogen (secondary N) is 1. The number of aliphatic hydroxyl groups is 1. The molecule has 6 nitrogen and oxygen atoms in total. The number of halogens is 1. The molecule has 3 unspecified atom stereocenters. The molecule has 8 heteroatoms. The first-order chi connectivity index (χ1) is 14.9. The first kappa shape index (κ1) is 21.0. The van der Waals surface area contributed by atoms with Crippen molar-refractivity contribution in [3.63, 3.8) is 0 Å². The van der Waals surface area contributed by atoms with Gasteiger partial charge in [-0.25, -0.2) is 9.79 Å². The smallest absolute Gasteiger partial charge is 0.323 e. The summed E-state index contributed by atoms with van der Waals surface area (Å²) in [6, 6.07) is 7.75. The number of thioether (sulfide) groups is 1. The summed E-state index contributed by atoms with van der Waals surface area (Å²) in [5, 5.41) is 13.7. The van der Waals surface area contributed by atoms with E-state index >= 15 is 0 Å². The number of ketones is 1. The Morgan fingerprint density at radius 3 is 2.61 bits per heavy atom. The first-order valence-electron chi connectivity index (χ1n) is 10.9. The zero-order chi connectivity index (χ0) is 21.8. The molecule has 0 bridgehead atoms. The average molecular weight is 460 g/mol. The molecule has 1 aromatic carbocycles. The minimum Gasteiger partial charge on any atom is -0.383 e. The number of nitrogens with zero attached hydrogens (tertiary/aromatic N) is 2. The van der Waals surface area contributed by atoms with Crippen LogP contribution >= 0.6 is 23.4 Å². The van der Waals surface area contributed by atoms with Crippen molar-refractivity contribution < 1.29 is 14.7 Å². The van der Waals surface area contributed by atoms with Crippen molar-refractivity contribution in [1.82, 2.24) is 10.2 Å². The van der Waals surface area contributed by atoms with Gasteiger partial charge in [0, 0.05) is 28.7 Å². The summed E-state index contributed by atoms with van der Waals surface area (Å²) < 4.78 is -0.817. The number of fused-ring (bicyclic) bond motifs is 2. The van der Waals surface area contributed by atoms with Crippen LogP contribution in [0.2, 0.25) is 5.02 Å². The fourth-order valence-corrected chi connectivity index (χ4v) is 6.57. The molecule has 1 aromatic rings. The van der Waals surface area contributed by atoms with E-state index in [2.05, 4.69) is 17.2 Å². The zero-order valence-corrected chi connectivity index (χ0v) is 19.0. The summed E-state index contributed by atoms with van der Waals surface area (Å²) in [5.41, 5.74) is 1.13. The number of aliphatic hydroxyl groups excluding tert-OH is 1. The summed E-state index contributed by atoms with van der Waals surface area (Å²) in [6.07, 6.45) is 5.70. The van der Waals surface area contributed by atoms with Gasteiger partial charge >= 0.3 is 6.03 Å². The third-order valence-electron chi connectivity index (χ3n) is 7.04. The molecule has 2 N–H and O–H groups in total. The van der Waals surface area contributed by atoms with Crippen molar-refractivity contribution in [1.29, 1.82) is 0 Å². The van der Waals surface area contributed by atoms with Crippen molar-refractivity contribution in [3.05, 3.63) is 46.0 Å². The number of carbonyl (C=O) groups is 2. The number of amidine groups is 1. The van der Waals surface area contributed by atoms with Gasteiger partial charge in [-0.3, -0.25) is 10.1 Å². The van der Waals surface area contributed by atoms with Crippen molar-refractivity contribution in [2.75, 3.05) is 6.54 Å². The van der Waals surface area contributed by atoms with Crippen molar-refractivity contribution in [2.24, 2.45) is 16.8 Å². The lowest BCUT2D eigenvalue weighted by Gasteiger charge is -2.38. The van der Waals surface area contributed by atoms with Gasteiger partial charge < -0.3 is 10.0 Å².